The Kier molecular flexibility index (Phi) is 5.42. The molecule has 0 bridgehead atoms. The van der Waals surface area contributed by atoms with Crippen LogP contribution in [0.3, 0.4) is 0 Å². The second-order valence-electron chi connectivity index (χ2n) is 8.43. The van der Waals surface area contributed by atoms with Crippen LogP contribution in [0.1, 0.15) is 38.9 Å². The molecule has 4 N–H and O–H groups in total. The van der Waals surface area contributed by atoms with Crippen LogP contribution in [0.5, 0.6) is 0 Å². The van der Waals surface area contributed by atoms with E-state index in [1.54, 1.807) is 6.07 Å². The van der Waals surface area contributed by atoms with Crippen molar-refractivity contribution in [3.63, 3.8) is 0 Å². The van der Waals surface area contributed by atoms with Gasteiger partial charge in [-0.3, -0.25) is 4.79 Å². The lowest BCUT2D eigenvalue weighted by Crippen LogP contribution is -2.44. The number of halogens is 1. The Balaban J connectivity index is 1.34. The third-order valence-corrected chi connectivity index (χ3v) is 7.26. The average Bonchev–Trinajstić information content (AvgIpc) is 3.10. The highest BCUT2D eigenvalue weighted by Gasteiger charge is 2.27. The first-order chi connectivity index (χ1) is 15.4. The average molecular weight is 456 g/mol. The van der Waals surface area contributed by atoms with Gasteiger partial charge >= 0.3 is 0 Å². The van der Waals surface area contributed by atoms with Crippen molar-refractivity contribution in [3.05, 3.63) is 39.5 Å². The molecular formula is C22H26FN7OS. The Hall–Kier alpha value is -2.85. The van der Waals surface area contributed by atoms with Gasteiger partial charge in [0, 0.05) is 37.9 Å². The third-order valence-electron chi connectivity index (χ3n) is 6.16. The van der Waals surface area contributed by atoms with Crippen LogP contribution in [0.2, 0.25) is 0 Å². The van der Waals surface area contributed by atoms with E-state index in [0.29, 0.717) is 35.0 Å². The number of carbonyl (C=O) groups is 1. The topological polar surface area (TPSA) is 109 Å². The van der Waals surface area contributed by atoms with Gasteiger partial charge in [-0.25, -0.2) is 19.3 Å². The van der Waals surface area contributed by atoms with Crippen LogP contribution < -0.4 is 21.3 Å². The lowest BCUT2D eigenvalue weighted by molar-refractivity contribution is 0.0938. The summed E-state index contributed by atoms with van der Waals surface area (Å²) < 4.78 is 14.8. The quantitative estimate of drug-likeness (QED) is 0.555. The Bertz CT molecular complexity index is 1200. The monoisotopic (exact) mass is 455 g/mol. The van der Waals surface area contributed by atoms with Gasteiger partial charge in [0.1, 0.15) is 15.5 Å². The second kappa shape index (κ2) is 8.25. The number of carbonyl (C=O) groups excluding carboxylic acids is 1. The number of rotatable bonds is 3. The molecule has 3 aromatic heterocycles. The molecule has 0 spiro atoms. The Morgan fingerprint density at radius 3 is 2.84 bits per heavy atom. The van der Waals surface area contributed by atoms with E-state index in [9.17, 15) is 9.18 Å². The first-order valence-electron chi connectivity index (χ1n) is 10.9. The molecule has 0 aromatic carbocycles. The number of hydrogen-bond donors (Lipinski definition) is 3. The maximum absolute atomic E-state index is 14.8. The fourth-order valence-corrected chi connectivity index (χ4v) is 5.69. The van der Waals surface area contributed by atoms with Crippen LogP contribution in [-0.4, -0.2) is 53.1 Å². The minimum Gasteiger partial charge on any atom is -0.397 e. The van der Waals surface area contributed by atoms with Gasteiger partial charge in [0.2, 0.25) is 0 Å². The van der Waals surface area contributed by atoms with E-state index in [4.69, 9.17) is 5.73 Å². The van der Waals surface area contributed by atoms with Crippen molar-refractivity contribution in [1.82, 2.24) is 25.6 Å². The predicted molar refractivity (Wildman–Crippen MR) is 124 cm³/mol. The molecule has 1 saturated heterocycles. The molecule has 168 valence electrons. The summed E-state index contributed by atoms with van der Waals surface area (Å²) in [5.74, 6) is 0.581. The van der Waals surface area contributed by atoms with Crippen LogP contribution >= 0.6 is 11.3 Å². The van der Waals surface area contributed by atoms with Gasteiger partial charge in [0.15, 0.2) is 11.6 Å². The highest BCUT2D eigenvalue weighted by molar-refractivity contribution is 7.21. The number of aromatic nitrogens is 3. The minimum absolute atomic E-state index is 0.0974. The maximum atomic E-state index is 14.8. The second-order valence-corrected chi connectivity index (χ2v) is 9.43. The molecule has 8 nitrogen and oxygen atoms in total. The molecule has 1 amide bonds. The van der Waals surface area contributed by atoms with Crippen LogP contribution in [0.15, 0.2) is 6.07 Å². The van der Waals surface area contributed by atoms with Crippen LogP contribution in [0.25, 0.3) is 10.2 Å². The van der Waals surface area contributed by atoms with E-state index in [0.717, 1.165) is 59.8 Å². The number of aryl methyl sites for hydroxylation is 3. The lowest BCUT2D eigenvalue weighted by atomic mass is 9.91. The lowest BCUT2D eigenvalue weighted by Gasteiger charge is -2.31. The van der Waals surface area contributed by atoms with Crippen molar-refractivity contribution in [3.8, 4) is 0 Å². The number of anilines is 2. The summed E-state index contributed by atoms with van der Waals surface area (Å²) in [5, 5.41) is 7.10. The molecule has 0 saturated carbocycles. The van der Waals surface area contributed by atoms with E-state index in [2.05, 4.69) is 25.6 Å². The van der Waals surface area contributed by atoms with E-state index in [1.807, 2.05) is 18.7 Å². The molecule has 1 aliphatic heterocycles. The maximum Gasteiger partial charge on any atom is 0.263 e. The Labute approximate surface area is 189 Å². The van der Waals surface area contributed by atoms with E-state index >= 15 is 0 Å². The predicted octanol–water partition coefficient (Wildman–Crippen LogP) is 2.12. The van der Waals surface area contributed by atoms with E-state index in [-0.39, 0.29) is 17.8 Å². The summed E-state index contributed by atoms with van der Waals surface area (Å²) in [7, 11) is 0. The zero-order valence-corrected chi connectivity index (χ0v) is 19.0. The number of nitrogens with two attached hydrogens (primary N) is 1. The Morgan fingerprint density at radius 2 is 2.06 bits per heavy atom. The van der Waals surface area contributed by atoms with Crippen molar-refractivity contribution < 1.29 is 9.18 Å². The molecule has 1 atom stereocenters. The fraction of sp³-hybridized carbons (Fsp3) is 0.455. The van der Waals surface area contributed by atoms with Crippen molar-refractivity contribution in [2.45, 2.75) is 39.2 Å². The molecule has 32 heavy (non-hydrogen) atoms. The Morgan fingerprint density at radius 1 is 1.28 bits per heavy atom. The van der Waals surface area contributed by atoms with E-state index < -0.39 is 0 Å². The summed E-state index contributed by atoms with van der Waals surface area (Å²) in [6.45, 7) is 6.86. The largest absolute Gasteiger partial charge is 0.397 e. The number of hydrogen-bond acceptors (Lipinski definition) is 8. The van der Waals surface area contributed by atoms with Crippen LogP contribution in [-0.2, 0) is 12.8 Å². The minimum atomic E-state index is -0.296. The SMILES string of the molecule is Cc1nc(C)c2c(N)c(C(=O)NC3CCc4nc(N5CCNCC5)c(F)cc4C3)sc2n1. The first-order valence-corrected chi connectivity index (χ1v) is 11.7. The van der Waals surface area contributed by atoms with Crippen molar-refractivity contribution in [1.29, 1.82) is 0 Å². The molecule has 2 aliphatic rings. The number of nitrogen functional groups attached to an aromatic ring is 1. The van der Waals surface area contributed by atoms with Crippen molar-refractivity contribution in [2.75, 3.05) is 36.8 Å². The normalized spacial score (nSPS) is 18.6. The van der Waals surface area contributed by atoms with Crippen LogP contribution in [0, 0.1) is 19.7 Å². The van der Waals surface area contributed by atoms with Gasteiger partial charge in [0.25, 0.3) is 5.91 Å². The molecule has 1 unspecified atom stereocenters. The first kappa shape index (κ1) is 21.0. The molecular weight excluding hydrogens is 429 g/mol. The number of fused-ring (bicyclic) bond motifs is 2. The number of nitrogens with zero attached hydrogens (tertiary/aromatic N) is 4. The molecule has 5 rings (SSSR count). The number of thiophene rings is 1. The summed E-state index contributed by atoms with van der Waals surface area (Å²) in [4.78, 5) is 29.6. The van der Waals surface area contributed by atoms with Crippen LogP contribution in [0.4, 0.5) is 15.9 Å². The highest BCUT2D eigenvalue weighted by Crippen LogP contribution is 2.34. The molecule has 3 aromatic rings. The number of amides is 1. The standard InChI is InChI=1S/C22H26FN7OS/c1-11-17-18(24)19(32-22(17)27-12(2)26-11)21(31)28-14-3-4-16-13(9-14)10-15(23)20(29-16)30-7-5-25-6-8-30/h10,14,25H,3-9,24H2,1-2H3,(H,28,31). The van der Waals surface area contributed by atoms with Gasteiger partial charge in [0.05, 0.1) is 16.8 Å². The molecule has 10 heteroatoms. The van der Waals surface area contributed by atoms with Crippen molar-refractivity contribution in [2.24, 2.45) is 0 Å². The van der Waals surface area contributed by atoms with Gasteiger partial charge in [-0.2, -0.15) is 0 Å². The van der Waals surface area contributed by atoms with Gasteiger partial charge in [-0.05, 0) is 44.7 Å². The van der Waals surface area contributed by atoms with E-state index in [1.165, 1.54) is 11.3 Å². The van der Waals surface area contributed by atoms with Gasteiger partial charge in [-0.15, -0.1) is 11.3 Å². The molecule has 0 radical (unpaired) electrons. The van der Waals surface area contributed by atoms with Crippen molar-refractivity contribution >= 4 is 39.0 Å². The molecule has 1 aliphatic carbocycles. The van der Waals surface area contributed by atoms with Gasteiger partial charge < -0.3 is 21.3 Å². The van der Waals surface area contributed by atoms with Gasteiger partial charge in [-0.1, -0.05) is 0 Å². The summed E-state index contributed by atoms with van der Waals surface area (Å²) in [5.41, 5.74) is 9.26. The smallest absolute Gasteiger partial charge is 0.263 e. The summed E-state index contributed by atoms with van der Waals surface area (Å²) >= 11 is 1.28. The molecule has 1 fully saturated rings. The number of pyridine rings is 1. The summed E-state index contributed by atoms with van der Waals surface area (Å²) in [6, 6.07) is 1.49. The highest BCUT2D eigenvalue weighted by atomic mass is 32.1. The zero-order valence-electron chi connectivity index (χ0n) is 18.2. The molecule has 4 heterocycles. The zero-order chi connectivity index (χ0) is 22.4. The number of piperazine rings is 1. The number of nitrogens with one attached hydrogen (secondary N) is 2. The fourth-order valence-electron chi connectivity index (χ4n) is 4.60. The summed E-state index contributed by atoms with van der Waals surface area (Å²) in [6.07, 6.45) is 2.00. The third kappa shape index (κ3) is 3.77.